The number of hydrogen-bond acceptors (Lipinski definition) is 5. The fourth-order valence-electron chi connectivity index (χ4n) is 2.54. The molecule has 0 aliphatic carbocycles. The molecule has 0 aromatic carbocycles. The summed E-state index contributed by atoms with van der Waals surface area (Å²) in [6, 6.07) is 4.13. The van der Waals surface area contributed by atoms with Gasteiger partial charge in [0.25, 0.3) is 0 Å². The van der Waals surface area contributed by atoms with Gasteiger partial charge in [-0.1, -0.05) is 6.07 Å². The Bertz CT molecular complexity index is 617. The Hall–Kier alpha value is -0.430. The highest BCUT2D eigenvalue weighted by Crippen LogP contribution is 2.11. The van der Waals surface area contributed by atoms with Crippen molar-refractivity contribution in [3.8, 4) is 0 Å². The number of halogens is 1. The first kappa shape index (κ1) is 23.6. The number of ether oxygens (including phenoxy) is 1. The zero-order chi connectivity index (χ0) is 18.0. The average molecular weight is 516 g/mol. The lowest BCUT2D eigenvalue weighted by atomic mass is 10.1. The number of aliphatic imine (C=N–C) groups is 1. The van der Waals surface area contributed by atoms with E-state index in [1.165, 1.54) is 4.88 Å². The predicted molar refractivity (Wildman–Crippen MR) is 118 cm³/mol. The van der Waals surface area contributed by atoms with Crippen LogP contribution in [0.1, 0.15) is 24.1 Å². The Morgan fingerprint density at radius 2 is 2.15 bits per heavy atom. The maximum absolute atomic E-state index is 12.0. The molecule has 1 fully saturated rings. The van der Waals surface area contributed by atoms with Crippen molar-refractivity contribution in [1.29, 1.82) is 0 Å². The highest BCUT2D eigenvalue weighted by molar-refractivity contribution is 14.0. The van der Waals surface area contributed by atoms with Crippen molar-refractivity contribution in [2.24, 2.45) is 4.99 Å². The quantitative estimate of drug-likeness (QED) is 0.263. The van der Waals surface area contributed by atoms with Gasteiger partial charge in [0.2, 0.25) is 10.0 Å². The number of hydrogen-bond donors (Lipinski definition) is 3. The number of rotatable bonds is 9. The smallest absolute Gasteiger partial charge is 0.213 e. The van der Waals surface area contributed by atoms with Crippen LogP contribution in [0.4, 0.5) is 0 Å². The van der Waals surface area contributed by atoms with Gasteiger partial charge in [0.05, 0.1) is 11.9 Å². The van der Waals surface area contributed by atoms with Gasteiger partial charge in [-0.3, -0.25) is 4.99 Å². The van der Waals surface area contributed by atoms with Gasteiger partial charge in [0.15, 0.2) is 5.96 Å². The minimum absolute atomic E-state index is 0. The molecule has 0 spiro atoms. The van der Waals surface area contributed by atoms with Crippen LogP contribution in [0.2, 0.25) is 0 Å². The van der Waals surface area contributed by atoms with Crippen LogP contribution in [-0.4, -0.2) is 59.5 Å². The molecule has 26 heavy (non-hydrogen) atoms. The second-order valence-electron chi connectivity index (χ2n) is 5.91. The largest absolute Gasteiger partial charge is 0.377 e. The molecule has 7 nitrogen and oxygen atoms in total. The minimum atomic E-state index is -3.31. The summed E-state index contributed by atoms with van der Waals surface area (Å²) >= 11 is 1.72. The molecule has 10 heteroatoms. The first-order chi connectivity index (χ1) is 12.1. The predicted octanol–water partition coefficient (Wildman–Crippen LogP) is 1.56. The number of nitrogens with zero attached hydrogens (tertiary/aromatic N) is 1. The van der Waals surface area contributed by atoms with Crippen LogP contribution in [0.5, 0.6) is 0 Å². The first-order valence-electron chi connectivity index (χ1n) is 8.65. The van der Waals surface area contributed by atoms with Crippen LogP contribution >= 0.6 is 35.3 Å². The third-order valence-corrected chi connectivity index (χ3v) is 6.22. The summed E-state index contributed by atoms with van der Waals surface area (Å²) in [5.74, 6) is 0.619. The summed E-state index contributed by atoms with van der Waals surface area (Å²) in [5, 5.41) is 8.28. The molecule has 1 unspecified atom stereocenters. The van der Waals surface area contributed by atoms with Crippen LogP contribution in [0, 0.1) is 0 Å². The topological polar surface area (TPSA) is 91.8 Å². The Morgan fingerprint density at radius 3 is 2.81 bits per heavy atom. The van der Waals surface area contributed by atoms with Crippen molar-refractivity contribution in [1.82, 2.24) is 15.4 Å². The van der Waals surface area contributed by atoms with Crippen molar-refractivity contribution in [3.05, 3.63) is 22.4 Å². The fraction of sp³-hybridized carbons (Fsp3) is 0.688. The molecule has 1 aromatic heterocycles. The van der Waals surface area contributed by atoms with E-state index in [4.69, 9.17) is 4.74 Å². The Labute approximate surface area is 177 Å². The summed E-state index contributed by atoms with van der Waals surface area (Å²) in [6.07, 6.45) is 4.00. The Kier molecular flexibility index (Phi) is 11.7. The molecule has 3 N–H and O–H groups in total. The van der Waals surface area contributed by atoms with Crippen LogP contribution in [-0.2, 0) is 21.2 Å². The lowest BCUT2D eigenvalue weighted by Gasteiger charge is -2.22. The average Bonchev–Trinajstić information content (AvgIpc) is 3.13. The van der Waals surface area contributed by atoms with E-state index in [-0.39, 0.29) is 35.8 Å². The molecular formula is C16H29IN4O3S2. The zero-order valence-corrected chi connectivity index (χ0v) is 19.0. The van der Waals surface area contributed by atoms with Crippen LogP contribution < -0.4 is 15.4 Å². The normalized spacial score (nSPS) is 18.2. The summed E-state index contributed by atoms with van der Waals surface area (Å²) in [5.41, 5.74) is 0. The minimum Gasteiger partial charge on any atom is -0.377 e. The van der Waals surface area contributed by atoms with E-state index >= 15 is 0 Å². The van der Waals surface area contributed by atoms with Gasteiger partial charge in [0, 0.05) is 38.2 Å². The molecule has 2 rings (SSSR count). The number of guanidine groups is 1. The van der Waals surface area contributed by atoms with Gasteiger partial charge in [-0.25, -0.2) is 13.1 Å². The third kappa shape index (κ3) is 9.49. The molecule has 0 amide bonds. The number of thiophene rings is 1. The van der Waals surface area contributed by atoms with E-state index in [1.807, 2.05) is 6.07 Å². The maximum Gasteiger partial charge on any atom is 0.213 e. The molecular weight excluding hydrogens is 487 g/mol. The van der Waals surface area contributed by atoms with E-state index < -0.39 is 10.0 Å². The summed E-state index contributed by atoms with van der Waals surface area (Å²) in [4.78, 5) is 5.41. The molecule has 1 atom stereocenters. The number of sulfonamides is 1. The summed E-state index contributed by atoms with van der Waals surface area (Å²) in [7, 11) is -1.64. The van der Waals surface area contributed by atoms with Crippen LogP contribution in [0.15, 0.2) is 22.5 Å². The lowest BCUT2D eigenvalue weighted by Crippen LogP contribution is -2.43. The molecule has 1 aliphatic rings. The van der Waals surface area contributed by atoms with E-state index in [2.05, 4.69) is 31.8 Å². The van der Waals surface area contributed by atoms with Crippen molar-refractivity contribution in [2.45, 2.75) is 31.8 Å². The fourth-order valence-corrected chi connectivity index (χ4v) is 4.21. The van der Waals surface area contributed by atoms with Gasteiger partial charge in [-0.05, 0) is 37.1 Å². The monoisotopic (exact) mass is 516 g/mol. The Morgan fingerprint density at radius 1 is 1.35 bits per heavy atom. The molecule has 1 saturated heterocycles. The van der Waals surface area contributed by atoms with Crippen LogP contribution in [0.3, 0.4) is 0 Å². The molecule has 0 radical (unpaired) electrons. The first-order valence-corrected chi connectivity index (χ1v) is 11.2. The third-order valence-electron chi connectivity index (χ3n) is 3.94. The van der Waals surface area contributed by atoms with E-state index in [0.717, 1.165) is 38.8 Å². The molecule has 1 aliphatic heterocycles. The van der Waals surface area contributed by atoms with Crippen molar-refractivity contribution in [2.75, 3.05) is 39.0 Å². The summed E-state index contributed by atoms with van der Waals surface area (Å²) in [6.45, 7) is 2.14. The molecule has 150 valence electrons. The summed E-state index contributed by atoms with van der Waals surface area (Å²) < 4.78 is 32.3. The molecule has 2 heterocycles. The maximum atomic E-state index is 12.0. The zero-order valence-electron chi connectivity index (χ0n) is 15.1. The second-order valence-corrected chi connectivity index (χ2v) is 8.87. The number of nitrogens with one attached hydrogen (secondary N) is 3. The van der Waals surface area contributed by atoms with Gasteiger partial charge in [-0.15, -0.1) is 35.3 Å². The molecule has 1 aromatic rings. The standard InChI is InChI=1S/C16H28N4O3S2.HI/c1-17-16(18-8-7-15-6-4-11-24-15)19-9-12-25(21,22)20-13-14-5-2-3-10-23-14;/h4,6,11,14,20H,2-3,5,7-10,12-13H2,1H3,(H2,17,18,19);1H. The van der Waals surface area contributed by atoms with Crippen molar-refractivity contribution < 1.29 is 13.2 Å². The van der Waals surface area contributed by atoms with E-state index in [9.17, 15) is 8.42 Å². The van der Waals surface area contributed by atoms with Gasteiger partial charge in [-0.2, -0.15) is 0 Å². The highest BCUT2D eigenvalue weighted by atomic mass is 127. The van der Waals surface area contributed by atoms with Crippen LogP contribution in [0.25, 0.3) is 0 Å². The molecule has 0 saturated carbocycles. The SMILES string of the molecule is CN=C(NCCc1cccs1)NCCS(=O)(=O)NCC1CCCCO1.I. The molecule has 0 bridgehead atoms. The van der Waals surface area contributed by atoms with Gasteiger partial charge >= 0.3 is 0 Å². The highest BCUT2D eigenvalue weighted by Gasteiger charge is 2.17. The van der Waals surface area contributed by atoms with Crippen molar-refractivity contribution in [3.63, 3.8) is 0 Å². The van der Waals surface area contributed by atoms with Gasteiger partial charge in [0.1, 0.15) is 0 Å². The van der Waals surface area contributed by atoms with Crippen molar-refractivity contribution >= 4 is 51.3 Å². The Balaban J connectivity index is 0.00000338. The van der Waals surface area contributed by atoms with E-state index in [0.29, 0.717) is 19.0 Å². The van der Waals surface area contributed by atoms with Gasteiger partial charge < -0.3 is 15.4 Å². The second kappa shape index (κ2) is 12.9. The van der Waals surface area contributed by atoms with E-state index in [1.54, 1.807) is 18.4 Å². The lowest BCUT2D eigenvalue weighted by molar-refractivity contribution is 0.0200.